The van der Waals surface area contributed by atoms with Crippen molar-refractivity contribution in [2.45, 2.75) is 19.6 Å². The topological polar surface area (TPSA) is 44.8 Å². The Hall–Kier alpha value is -1.50. The van der Waals surface area contributed by atoms with Crippen LogP contribution in [0.1, 0.15) is 12.5 Å². The Balaban J connectivity index is 1.76. The van der Waals surface area contributed by atoms with Crippen LogP contribution in [-0.2, 0) is 16.1 Å². The van der Waals surface area contributed by atoms with Crippen molar-refractivity contribution < 1.29 is 13.9 Å². The molecule has 1 aliphatic heterocycles. The molecular formula is C17H26FN3O2. The molecule has 128 valence electrons. The number of hydrogen-bond donors (Lipinski definition) is 1. The number of morpholine rings is 1. The molecule has 5 nitrogen and oxygen atoms in total. The number of ether oxygens (including phenoxy) is 1. The first-order valence-electron chi connectivity index (χ1n) is 8.11. The third-order valence-electron chi connectivity index (χ3n) is 3.99. The second-order valence-corrected chi connectivity index (χ2v) is 5.92. The van der Waals surface area contributed by atoms with Gasteiger partial charge in [-0.05, 0) is 31.7 Å². The number of carbonyl (C=O) groups excluding carboxylic acids is 1. The number of likely N-dealkylation sites (N-methyl/N-ethyl adjacent to an activating group) is 2. The predicted octanol–water partition coefficient (Wildman–Crippen LogP) is 1.09. The number of hydrogen-bond acceptors (Lipinski definition) is 4. The molecule has 0 aliphatic carbocycles. The fourth-order valence-corrected chi connectivity index (χ4v) is 2.67. The zero-order valence-corrected chi connectivity index (χ0v) is 13.9. The van der Waals surface area contributed by atoms with Crippen LogP contribution in [0.3, 0.4) is 0 Å². The lowest BCUT2D eigenvalue weighted by Gasteiger charge is -2.30. The predicted molar refractivity (Wildman–Crippen MR) is 87.6 cm³/mol. The zero-order chi connectivity index (χ0) is 16.7. The molecule has 1 fully saturated rings. The first-order chi connectivity index (χ1) is 11.1. The van der Waals surface area contributed by atoms with Crippen molar-refractivity contribution in [3.05, 3.63) is 35.6 Å². The van der Waals surface area contributed by atoms with Crippen LogP contribution < -0.4 is 5.32 Å². The first kappa shape index (κ1) is 17.8. The van der Waals surface area contributed by atoms with Crippen LogP contribution in [0.4, 0.5) is 4.39 Å². The number of nitrogens with one attached hydrogen (secondary N) is 1. The maximum Gasteiger partial charge on any atom is 0.236 e. The lowest BCUT2D eigenvalue weighted by molar-refractivity contribution is -0.130. The Labute approximate surface area is 137 Å². The minimum Gasteiger partial charge on any atom is -0.374 e. The fourth-order valence-electron chi connectivity index (χ4n) is 2.67. The van der Waals surface area contributed by atoms with Crippen molar-refractivity contribution in [3.8, 4) is 0 Å². The molecule has 0 saturated carbocycles. The summed E-state index contributed by atoms with van der Waals surface area (Å²) in [6, 6.07) is 6.37. The van der Waals surface area contributed by atoms with Crippen molar-refractivity contribution in [1.82, 2.24) is 15.1 Å². The largest absolute Gasteiger partial charge is 0.374 e. The number of benzene rings is 1. The maximum atomic E-state index is 13.2. The van der Waals surface area contributed by atoms with Gasteiger partial charge in [0, 0.05) is 32.7 Å². The molecule has 0 aromatic heterocycles. The summed E-state index contributed by atoms with van der Waals surface area (Å²) < 4.78 is 18.9. The summed E-state index contributed by atoms with van der Waals surface area (Å²) in [5, 5.41) is 3.17. The molecule has 1 aliphatic rings. The van der Waals surface area contributed by atoms with Gasteiger partial charge in [0.2, 0.25) is 5.91 Å². The van der Waals surface area contributed by atoms with Gasteiger partial charge in [-0.1, -0.05) is 12.1 Å². The number of halogens is 1. The molecule has 1 N–H and O–H groups in total. The van der Waals surface area contributed by atoms with E-state index in [1.807, 2.05) is 13.0 Å². The highest BCUT2D eigenvalue weighted by Gasteiger charge is 2.18. The van der Waals surface area contributed by atoms with Crippen molar-refractivity contribution in [2.24, 2.45) is 0 Å². The number of carbonyl (C=O) groups is 1. The van der Waals surface area contributed by atoms with Crippen molar-refractivity contribution in [1.29, 1.82) is 0 Å². The van der Waals surface area contributed by atoms with Gasteiger partial charge in [0.15, 0.2) is 0 Å². The zero-order valence-electron chi connectivity index (χ0n) is 13.9. The molecule has 1 amide bonds. The molecule has 6 heteroatoms. The van der Waals surface area contributed by atoms with E-state index in [-0.39, 0.29) is 24.4 Å². The molecule has 0 bridgehead atoms. The average molecular weight is 323 g/mol. The number of amides is 1. The van der Waals surface area contributed by atoms with Gasteiger partial charge in [0.25, 0.3) is 0 Å². The van der Waals surface area contributed by atoms with Gasteiger partial charge in [-0.3, -0.25) is 4.79 Å². The van der Waals surface area contributed by atoms with Crippen LogP contribution >= 0.6 is 0 Å². The second-order valence-electron chi connectivity index (χ2n) is 5.92. The molecule has 23 heavy (non-hydrogen) atoms. The third kappa shape index (κ3) is 5.89. The standard InChI is InChI=1S/C17H26FN3O2/c1-3-21(12-14-5-4-6-15(18)9-14)17(22)11-19-10-16-13-20(2)7-8-23-16/h4-6,9,16,19H,3,7-8,10-13H2,1-2H3/t16-/m1/s1. The van der Waals surface area contributed by atoms with Gasteiger partial charge in [-0.15, -0.1) is 0 Å². The lowest BCUT2D eigenvalue weighted by Crippen LogP contribution is -2.46. The lowest BCUT2D eigenvalue weighted by atomic mass is 10.2. The van der Waals surface area contributed by atoms with E-state index in [0.717, 1.165) is 25.3 Å². The minimum absolute atomic E-state index is 0.0147. The second kappa shape index (κ2) is 8.96. The Bertz CT molecular complexity index is 512. The van der Waals surface area contributed by atoms with Gasteiger partial charge in [0.05, 0.1) is 19.3 Å². The van der Waals surface area contributed by atoms with E-state index in [1.54, 1.807) is 11.0 Å². The molecule has 0 radical (unpaired) electrons. The Morgan fingerprint density at radius 1 is 1.52 bits per heavy atom. The smallest absolute Gasteiger partial charge is 0.236 e. The van der Waals surface area contributed by atoms with Crippen LogP contribution in [0.25, 0.3) is 0 Å². The average Bonchev–Trinajstić information content (AvgIpc) is 2.52. The summed E-state index contributed by atoms with van der Waals surface area (Å²) in [5.41, 5.74) is 0.803. The molecular weight excluding hydrogens is 297 g/mol. The van der Waals surface area contributed by atoms with Crippen molar-refractivity contribution in [2.75, 3.05) is 46.4 Å². The van der Waals surface area contributed by atoms with Crippen molar-refractivity contribution in [3.63, 3.8) is 0 Å². The van der Waals surface area contributed by atoms with Gasteiger partial charge >= 0.3 is 0 Å². The van der Waals surface area contributed by atoms with E-state index in [0.29, 0.717) is 19.6 Å². The van der Waals surface area contributed by atoms with E-state index in [9.17, 15) is 9.18 Å². The van der Waals surface area contributed by atoms with Gasteiger partial charge in [0.1, 0.15) is 5.82 Å². The summed E-state index contributed by atoms with van der Waals surface area (Å²) in [5.74, 6) is -0.261. The fraction of sp³-hybridized carbons (Fsp3) is 0.588. The summed E-state index contributed by atoms with van der Waals surface area (Å²) in [4.78, 5) is 16.2. The summed E-state index contributed by atoms with van der Waals surface area (Å²) >= 11 is 0. The molecule has 1 heterocycles. The first-order valence-corrected chi connectivity index (χ1v) is 8.11. The summed E-state index contributed by atoms with van der Waals surface area (Å²) in [6.45, 7) is 6.44. The van der Waals surface area contributed by atoms with Crippen LogP contribution in [0, 0.1) is 5.82 Å². The highest BCUT2D eigenvalue weighted by Crippen LogP contribution is 2.07. The SMILES string of the molecule is CCN(Cc1cccc(F)c1)C(=O)CNC[C@@H]1CN(C)CCO1. The highest BCUT2D eigenvalue weighted by atomic mass is 19.1. The monoisotopic (exact) mass is 323 g/mol. The Kier molecular flexibility index (Phi) is 6.95. The highest BCUT2D eigenvalue weighted by molar-refractivity contribution is 5.78. The van der Waals surface area contributed by atoms with Gasteiger partial charge < -0.3 is 19.9 Å². The van der Waals surface area contributed by atoms with Crippen LogP contribution in [0.5, 0.6) is 0 Å². The van der Waals surface area contributed by atoms with Gasteiger partial charge in [-0.2, -0.15) is 0 Å². The van der Waals surface area contributed by atoms with Gasteiger partial charge in [-0.25, -0.2) is 4.39 Å². The molecule has 0 unspecified atom stereocenters. The Morgan fingerprint density at radius 3 is 3.04 bits per heavy atom. The number of rotatable bonds is 7. The maximum absolute atomic E-state index is 13.2. The summed E-state index contributed by atoms with van der Waals surface area (Å²) in [7, 11) is 2.07. The van der Waals surface area contributed by atoms with Crippen LogP contribution in [-0.4, -0.2) is 68.2 Å². The summed E-state index contributed by atoms with van der Waals surface area (Å²) in [6.07, 6.45) is 0.125. The van der Waals surface area contributed by atoms with E-state index >= 15 is 0 Å². The van der Waals surface area contributed by atoms with E-state index in [4.69, 9.17) is 4.74 Å². The Morgan fingerprint density at radius 2 is 2.35 bits per heavy atom. The van der Waals surface area contributed by atoms with Crippen LogP contribution in [0.15, 0.2) is 24.3 Å². The molecule has 1 aromatic rings. The third-order valence-corrected chi connectivity index (χ3v) is 3.99. The van der Waals surface area contributed by atoms with E-state index in [2.05, 4.69) is 17.3 Å². The molecule has 0 spiro atoms. The quantitative estimate of drug-likeness (QED) is 0.816. The molecule has 1 atom stereocenters. The van der Waals surface area contributed by atoms with E-state index < -0.39 is 0 Å². The normalized spacial score (nSPS) is 18.8. The molecule has 2 rings (SSSR count). The van der Waals surface area contributed by atoms with E-state index in [1.165, 1.54) is 12.1 Å². The van der Waals surface area contributed by atoms with Crippen LogP contribution in [0.2, 0.25) is 0 Å². The number of nitrogens with zero attached hydrogens (tertiary/aromatic N) is 2. The molecule has 1 saturated heterocycles. The minimum atomic E-state index is -0.275. The van der Waals surface area contributed by atoms with Crippen molar-refractivity contribution >= 4 is 5.91 Å². The molecule has 1 aromatic carbocycles.